The summed E-state index contributed by atoms with van der Waals surface area (Å²) in [6.45, 7) is 4.18. The average molecular weight is 539 g/mol. The molecule has 4 rings (SSSR count). The van der Waals surface area contributed by atoms with Crippen molar-refractivity contribution in [1.82, 2.24) is 0 Å². The van der Waals surface area contributed by atoms with Crippen molar-refractivity contribution < 1.29 is 23.0 Å². The summed E-state index contributed by atoms with van der Waals surface area (Å²) < 4.78 is 42.4. The van der Waals surface area contributed by atoms with Crippen LogP contribution >= 0.6 is 0 Å². The van der Waals surface area contributed by atoms with Gasteiger partial charge in [0.1, 0.15) is 0 Å². The molecule has 4 fully saturated rings. The van der Waals surface area contributed by atoms with Crippen molar-refractivity contribution >= 4 is 0 Å². The lowest BCUT2D eigenvalue weighted by molar-refractivity contribution is -0.326. The van der Waals surface area contributed by atoms with Crippen LogP contribution in [0.4, 0.5) is 8.78 Å². The van der Waals surface area contributed by atoms with Crippen molar-refractivity contribution in [2.45, 2.75) is 135 Å². The van der Waals surface area contributed by atoms with Gasteiger partial charge in [-0.25, -0.2) is 0 Å². The molecule has 38 heavy (non-hydrogen) atoms. The zero-order valence-corrected chi connectivity index (χ0v) is 24.2. The first-order chi connectivity index (χ1) is 18.6. The lowest BCUT2D eigenvalue weighted by Crippen LogP contribution is -2.38. The maximum absolute atomic E-state index is 12.3. The molecular weight excluding hydrogens is 482 g/mol. The van der Waals surface area contributed by atoms with E-state index in [0.29, 0.717) is 18.3 Å². The normalized spacial score (nSPS) is 36.6. The minimum absolute atomic E-state index is 0.454. The van der Waals surface area contributed by atoms with E-state index < -0.39 is 12.6 Å². The van der Waals surface area contributed by atoms with Crippen LogP contribution in [-0.4, -0.2) is 26.3 Å². The highest BCUT2D eigenvalue weighted by atomic mass is 19.3. The van der Waals surface area contributed by atoms with Gasteiger partial charge >= 0.3 is 0 Å². The second kappa shape index (κ2) is 16.7. The van der Waals surface area contributed by atoms with Gasteiger partial charge in [0.15, 0.2) is 0 Å². The van der Waals surface area contributed by atoms with Gasteiger partial charge in [-0.1, -0.05) is 64.7 Å². The highest BCUT2D eigenvalue weighted by molar-refractivity contribution is 4.85. The Morgan fingerprint density at radius 3 is 1.63 bits per heavy atom. The fourth-order valence-electron chi connectivity index (χ4n) is 8.19. The minimum atomic E-state index is -1.52. The number of halogens is 2. The Bertz CT molecular complexity index is 649. The third-order valence-corrected chi connectivity index (χ3v) is 10.8. The third kappa shape index (κ3) is 10.1. The van der Waals surface area contributed by atoms with Crippen LogP contribution in [0.25, 0.3) is 0 Å². The zero-order valence-electron chi connectivity index (χ0n) is 24.2. The van der Waals surface area contributed by atoms with Gasteiger partial charge in [-0.15, -0.1) is 0 Å². The van der Waals surface area contributed by atoms with Gasteiger partial charge < -0.3 is 14.2 Å². The highest BCUT2D eigenvalue weighted by Gasteiger charge is 2.33. The summed E-state index contributed by atoms with van der Waals surface area (Å²) in [5, 5.41) is 0. The largest absolute Gasteiger partial charge is 0.330 e. The topological polar surface area (TPSA) is 27.7 Å². The van der Waals surface area contributed by atoms with E-state index >= 15 is 0 Å². The zero-order chi connectivity index (χ0) is 26.6. The first kappa shape index (κ1) is 30.4. The molecular formula is C33H56F2O3. The summed E-state index contributed by atoms with van der Waals surface area (Å²) >= 11 is 0. The van der Waals surface area contributed by atoms with Crippen LogP contribution in [0, 0.1) is 41.4 Å². The minimum Gasteiger partial charge on any atom is -0.330 e. The fraction of sp³-hybridized carbons (Fsp3) is 0.939. The molecule has 1 aliphatic heterocycles. The standard InChI is InChI=1S/C33H56F2O3/c1-2-3-6-25-14-20-30(21-15-25)31-23-37-33(38-24-31)36-22-5-8-27-12-18-29(19-13-27)28-16-10-26(11-17-28)7-4-9-32(34)35/h9,25-31,33H,2-8,10-24H2,1H3. The number of unbranched alkanes of at least 4 members (excludes halogenated alkanes) is 1. The van der Waals surface area contributed by atoms with E-state index in [0.717, 1.165) is 68.3 Å². The van der Waals surface area contributed by atoms with Gasteiger partial charge in [-0.3, -0.25) is 0 Å². The molecule has 1 heterocycles. The molecule has 0 unspecified atom stereocenters. The molecule has 1 saturated heterocycles. The van der Waals surface area contributed by atoms with Crippen LogP contribution in [0.1, 0.15) is 129 Å². The maximum atomic E-state index is 12.3. The van der Waals surface area contributed by atoms with Gasteiger partial charge in [0.05, 0.1) is 19.8 Å². The number of allylic oxidation sites excluding steroid dienone is 1. The Labute approximate surface area is 231 Å². The molecule has 0 atom stereocenters. The number of hydrogen-bond acceptors (Lipinski definition) is 3. The molecule has 0 amide bonds. The molecule has 0 spiro atoms. The lowest BCUT2D eigenvalue weighted by Gasteiger charge is -2.38. The molecule has 3 aliphatic carbocycles. The highest BCUT2D eigenvalue weighted by Crippen LogP contribution is 2.43. The Balaban J connectivity index is 0.998. The van der Waals surface area contributed by atoms with Crippen molar-refractivity contribution in [2.75, 3.05) is 19.8 Å². The van der Waals surface area contributed by atoms with E-state index in [-0.39, 0.29) is 0 Å². The summed E-state index contributed by atoms with van der Waals surface area (Å²) in [7, 11) is 0. The lowest BCUT2D eigenvalue weighted by atomic mass is 9.68. The van der Waals surface area contributed by atoms with Crippen molar-refractivity contribution in [1.29, 1.82) is 0 Å². The fourth-order valence-corrected chi connectivity index (χ4v) is 8.19. The first-order valence-corrected chi connectivity index (χ1v) is 16.5. The summed E-state index contributed by atoms with van der Waals surface area (Å²) in [5.74, 6) is 5.57. The molecule has 0 N–H and O–H groups in total. The van der Waals surface area contributed by atoms with E-state index in [1.165, 1.54) is 103 Å². The van der Waals surface area contributed by atoms with Crippen LogP contribution < -0.4 is 0 Å². The van der Waals surface area contributed by atoms with Gasteiger partial charge in [-0.2, -0.15) is 8.78 Å². The van der Waals surface area contributed by atoms with Crippen molar-refractivity contribution in [3.63, 3.8) is 0 Å². The van der Waals surface area contributed by atoms with E-state index in [1.807, 2.05) is 0 Å². The Morgan fingerprint density at radius 1 is 0.658 bits per heavy atom. The van der Waals surface area contributed by atoms with Crippen molar-refractivity contribution in [3.05, 3.63) is 12.2 Å². The third-order valence-electron chi connectivity index (χ3n) is 10.8. The molecule has 0 radical (unpaired) electrons. The molecule has 4 aliphatic rings. The molecule has 0 bridgehead atoms. The number of rotatable bonds is 13. The molecule has 3 nitrogen and oxygen atoms in total. The van der Waals surface area contributed by atoms with Crippen molar-refractivity contribution in [3.8, 4) is 0 Å². The SMILES string of the molecule is CCCCC1CCC(C2COC(OCCCC3CCC(C4CCC(CCC=C(F)F)CC4)CC3)OC2)CC1. The van der Waals surface area contributed by atoms with Gasteiger partial charge in [0, 0.05) is 5.92 Å². The molecule has 3 saturated carbocycles. The van der Waals surface area contributed by atoms with Gasteiger partial charge in [-0.05, 0) is 106 Å². The molecule has 5 heteroatoms. The van der Waals surface area contributed by atoms with Gasteiger partial charge in [0.2, 0.25) is 0 Å². The molecule has 0 aromatic rings. The average Bonchev–Trinajstić information content (AvgIpc) is 2.95. The van der Waals surface area contributed by atoms with Crippen molar-refractivity contribution in [2.24, 2.45) is 41.4 Å². The maximum Gasteiger partial charge on any atom is 0.271 e. The summed E-state index contributed by atoms with van der Waals surface area (Å²) in [4.78, 5) is 0. The Kier molecular flexibility index (Phi) is 13.4. The molecule has 220 valence electrons. The summed E-state index contributed by atoms with van der Waals surface area (Å²) in [5.41, 5.74) is 0. The quantitative estimate of drug-likeness (QED) is 0.218. The molecule has 0 aromatic heterocycles. The monoisotopic (exact) mass is 538 g/mol. The smallest absolute Gasteiger partial charge is 0.271 e. The van der Waals surface area contributed by atoms with E-state index in [1.54, 1.807) is 0 Å². The van der Waals surface area contributed by atoms with Crippen LogP contribution in [0.5, 0.6) is 0 Å². The summed E-state index contributed by atoms with van der Waals surface area (Å²) in [6, 6.07) is 0. The van der Waals surface area contributed by atoms with E-state index in [2.05, 4.69) is 6.92 Å². The predicted octanol–water partition coefficient (Wildman–Crippen LogP) is 9.90. The second-order valence-corrected chi connectivity index (χ2v) is 13.3. The number of hydrogen-bond donors (Lipinski definition) is 0. The first-order valence-electron chi connectivity index (χ1n) is 16.5. The van der Waals surface area contributed by atoms with Crippen LogP contribution in [-0.2, 0) is 14.2 Å². The van der Waals surface area contributed by atoms with E-state index in [4.69, 9.17) is 14.2 Å². The van der Waals surface area contributed by atoms with E-state index in [9.17, 15) is 8.78 Å². The Hall–Kier alpha value is -0.520. The van der Waals surface area contributed by atoms with Crippen LogP contribution in [0.2, 0.25) is 0 Å². The predicted molar refractivity (Wildman–Crippen MR) is 150 cm³/mol. The molecule has 0 aromatic carbocycles. The Morgan fingerprint density at radius 2 is 1.13 bits per heavy atom. The summed E-state index contributed by atoms with van der Waals surface area (Å²) in [6.07, 6.45) is 23.7. The number of ether oxygens (including phenoxy) is 3. The second-order valence-electron chi connectivity index (χ2n) is 13.3. The van der Waals surface area contributed by atoms with Gasteiger partial charge in [0.25, 0.3) is 12.6 Å². The van der Waals surface area contributed by atoms with Crippen LogP contribution in [0.15, 0.2) is 12.2 Å². The van der Waals surface area contributed by atoms with Crippen LogP contribution in [0.3, 0.4) is 0 Å².